The van der Waals surface area contributed by atoms with Crippen molar-refractivity contribution in [3.63, 3.8) is 0 Å². The Morgan fingerprint density at radius 3 is 2.21 bits per heavy atom. The van der Waals surface area contributed by atoms with Crippen molar-refractivity contribution in [3.8, 4) is 11.1 Å². The molecule has 0 aliphatic heterocycles. The van der Waals surface area contributed by atoms with Crippen LogP contribution in [0.5, 0.6) is 0 Å². The molecule has 2 amide bonds. The molecule has 3 N–H and O–H groups in total. The molecule has 3 rings (SSSR count). The number of fused-ring (bicyclic) bond motifs is 3. The number of alkyl carbamates (subject to hydrolysis) is 1. The van der Waals surface area contributed by atoms with E-state index in [1.807, 2.05) is 36.4 Å². The van der Waals surface area contributed by atoms with Crippen LogP contribution in [0.15, 0.2) is 61.2 Å². The van der Waals surface area contributed by atoms with Gasteiger partial charge in [0.25, 0.3) is 0 Å². The molecule has 0 saturated heterocycles. The predicted molar refractivity (Wildman–Crippen MR) is 126 cm³/mol. The van der Waals surface area contributed by atoms with Gasteiger partial charge in [0, 0.05) is 12.0 Å². The summed E-state index contributed by atoms with van der Waals surface area (Å²) >= 11 is 0. The lowest BCUT2D eigenvalue weighted by atomic mass is 9.98. The van der Waals surface area contributed by atoms with Crippen LogP contribution in [0.2, 0.25) is 0 Å². The lowest BCUT2D eigenvalue weighted by molar-refractivity contribution is -0.137. The van der Waals surface area contributed by atoms with Crippen LogP contribution in [0.3, 0.4) is 0 Å². The number of carboxylic acids is 1. The van der Waals surface area contributed by atoms with Gasteiger partial charge in [-0.1, -0.05) is 61.5 Å². The van der Waals surface area contributed by atoms with E-state index >= 15 is 0 Å². The number of hydrogen-bond acceptors (Lipinski definition) is 4. The molecule has 0 heterocycles. The molecular formula is C26H30N2O5. The first-order valence-corrected chi connectivity index (χ1v) is 11.2. The second-order valence-electron chi connectivity index (χ2n) is 8.10. The highest BCUT2D eigenvalue weighted by Gasteiger charge is 2.30. The molecule has 0 bridgehead atoms. The predicted octanol–water partition coefficient (Wildman–Crippen LogP) is 4.23. The van der Waals surface area contributed by atoms with E-state index in [1.165, 1.54) is 0 Å². The van der Waals surface area contributed by atoms with Gasteiger partial charge in [-0.15, -0.1) is 6.58 Å². The number of carboxylic acid groups (broad SMARTS) is 1. The molecule has 0 spiro atoms. The minimum absolute atomic E-state index is 0.0800. The molecule has 1 aliphatic carbocycles. The molecule has 2 atom stereocenters. The number of ether oxygens (including phenoxy) is 1. The summed E-state index contributed by atoms with van der Waals surface area (Å²) in [5.74, 6) is -1.50. The fraction of sp³-hybridized carbons (Fsp3) is 0.346. The Morgan fingerprint density at radius 2 is 1.67 bits per heavy atom. The van der Waals surface area contributed by atoms with E-state index in [-0.39, 0.29) is 18.9 Å². The van der Waals surface area contributed by atoms with Crippen LogP contribution in [0.4, 0.5) is 4.79 Å². The van der Waals surface area contributed by atoms with E-state index in [4.69, 9.17) is 9.84 Å². The summed E-state index contributed by atoms with van der Waals surface area (Å²) in [7, 11) is 0. The molecule has 0 fully saturated rings. The minimum Gasteiger partial charge on any atom is -0.481 e. The van der Waals surface area contributed by atoms with Gasteiger partial charge in [0.2, 0.25) is 5.91 Å². The number of allylic oxidation sites excluding steroid dienone is 1. The zero-order valence-electron chi connectivity index (χ0n) is 18.8. The SMILES string of the molecule is C=CCCC(NC(=O)OCC1c2ccccc2-c2ccccc21)C(=O)NC(CC)CC(=O)O. The van der Waals surface area contributed by atoms with Gasteiger partial charge in [-0.05, 0) is 41.5 Å². The molecular weight excluding hydrogens is 420 g/mol. The van der Waals surface area contributed by atoms with Gasteiger partial charge in [-0.2, -0.15) is 0 Å². The van der Waals surface area contributed by atoms with Crippen LogP contribution in [0.1, 0.15) is 49.7 Å². The van der Waals surface area contributed by atoms with Gasteiger partial charge in [-0.3, -0.25) is 9.59 Å². The maximum atomic E-state index is 12.7. The Balaban J connectivity index is 1.64. The molecule has 2 aromatic carbocycles. The standard InChI is InChI=1S/C26H30N2O5/c1-3-5-14-23(25(31)27-17(4-2)15-24(29)30)28-26(32)33-16-22-20-12-8-6-10-18(20)19-11-7-9-13-21(19)22/h3,6-13,17,22-23H,1,4-5,14-16H2,2H3,(H,27,31)(H,28,32)(H,29,30). The number of nitrogens with one attached hydrogen (secondary N) is 2. The fourth-order valence-electron chi connectivity index (χ4n) is 4.15. The summed E-state index contributed by atoms with van der Waals surface area (Å²) in [6.45, 7) is 5.61. The maximum Gasteiger partial charge on any atom is 0.407 e. The van der Waals surface area contributed by atoms with Gasteiger partial charge in [0.1, 0.15) is 12.6 Å². The summed E-state index contributed by atoms with van der Waals surface area (Å²) in [5, 5.41) is 14.4. The Morgan fingerprint density at radius 1 is 1.06 bits per heavy atom. The fourth-order valence-corrected chi connectivity index (χ4v) is 4.15. The molecule has 174 valence electrons. The van der Waals surface area contributed by atoms with Crippen LogP contribution in [0.25, 0.3) is 11.1 Å². The number of amides is 2. The molecule has 33 heavy (non-hydrogen) atoms. The van der Waals surface area contributed by atoms with Crippen molar-refractivity contribution >= 4 is 18.0 Å². The molecule has 7 heteroatoms. The van der Waals surface area contributed by atoms with E-state index in [0.29, 0.717) is 19.3 Å². The van der Waals surface area contributed by atoms with E-state index in [1.54, 1.807) is 13.0 Å². The number of hydrogen-bond donors (Lipinski definition) is 3. The summed E-state index contributed by atoms with van der Waals surface area (Å²) in [6, 6.07) is 14.8. The van der Waals surface area contributed by atoms with E-state index in [9.17, 15) is 14.4 Å². The van der Waals surface area contributed by atoms with Crippen LogP contribution in [0, 0.1) is 0 Å². The van der Waals surface area contributed by atoms with Gasteiger partial charge in [0.05, 0.1) is 6.42 Å². The quantitative estimate of drug-likeness (QED) is 0.445. The third kappa shape index (κ3) is 6.00. The minimum atomic E-state index is -0.991. The van der Waals surface area contributed by atoms with Crippen molar-refractivity contribution in [2.75, 3.05) is 6.61 Å². The number of benzene rings is 2. The summed E-state index contributed by atoms with van der Waals surface area (Å²) in [4.78, 5) is 36.3. The van der Waals surface area contributed by atoms with Crippen molar-refractivity contribution in [3.05, 3.63) is 72.3 Å². The topological polar surface area (TPSA) is 105 Å². The summed E-state index contributed by atoms with van der Waals surface area (Å²) < 4.78 is 5.55. The highest BCUT2D eigenvalue weighted by molar-refractivity contribution is 5.86. The third-order valence-electron chi connectivity index (χ3n) is 5.87. The lowest BCUT2D eigenvalue weighted by Crippen LogP contribution is -2.50. The zero-order valence-corrected chi connectivity index (χ0v) is 18.8. The van der Waals surface area contributed by atoms with E-state index in [0.717, 1.165) is 22.3 Å². The van der Waals surface area contributed by atoms with E-state index in [2.05, 4.69) is 29.3 Å². The summed E-state index contributed by atoms with van der Waals surface area (Å²) in [5.41, 5.74) is 4.47. The molecule has 1 aliphatic rings. The average Bonchev–Trinajstić information content (AvgIpc) is 3.13. The molecule has 0 aromatic heterocycles. The maximum absolute atomic E-state index is 12.7. The smallest absolute Gasteiger partial charge is 0.407 e. The monoisotopic (exact) mass is 450 g/mol. The average molecular weight is 451 g/mol. The molecule has 0 saturated carbocycles. The Labute approximate surface area is 193 Å². The van der Waals surface area contributed by atoms with Gasteiger partial charge >= 0.3 is 12.1 Å². The highest BCUT2D eigenvalue weighted by Crippen LogP contribution is 2.44. The van der Waals surface area contributed by atoms with E-state index < -0.39 is 30.1 Å². The molecule has 0 radical (unpaired) electrons. The van der Waals surface area contributed by atoms with Crippen molar-refractivity contribution in [1.82, 2.24) is 10.6 Å². The van der Waals surface area contributed by atoms with Crippen LogP contribution in [-0.2, 0) is 14.3 Å². The molecule has 7 nitrogen and oxygen atoms in total. The van der Waals surface area contributed by atoms with Crippen molar-refractivity contribution in [2.24, 2.45) is 0 Å². The molecule has 2 aromatic rings. The van der Waals surface area contributed by atoms with Crippen molar-refractivity contribution in [2.45, 2.75) is 50.6 Å². The van der Waals surface area contributed by atoms with Gasteiger partial charge < -0.3 is 20.5 Å². The first-order chi connectivity index (χ1) is 15.9. The first kappa shape index (κ1) is 24.0. The highest BCUT2D eigenvalue weighted by atomic mass is 16.5. The largest absolute Gasteiger partial charge is 0.481 e. The normalized spacial score (nSPS) is 13.8. The molecule has 2 unspecified atom stereocenters. The first-order valence-electron chi connectivity index (χ1n) is 11.2. The van der Waals surface area contributed by atoms with Crippen LogP contribution >= 0.6 is 0 Å². The number of carbonyl (C=O) groups is 3. The second-order valence-corrected chi connectivity index (χ2v) is 8.10. The van der Waals surface area contributed by atoms with Crippen LogP contribution < -0.4 is 10.6 Å². The van der Waals surface area contributed by atoms with Crippen molar-refractivity contribution < 1.29 is 24.2 Å². The zero-order chi connectivity index (χ0) is 23.8. The Kier molecular flexibility index (Phi) is 8.24. The summed E-state index contributed by atoms with van der Waals surface area (Å²) in [6.07, 6.45) is 2.11. The Bertz CT molecular complexity index is 974. The van der Waals surface area contributed by atoms with Crippen molar-refractivity contribution in [1.29, 1.82) is 0 Å². The van der Waals surface area contributed by atoms with Gasteiger partial charge in [-0.25, -0.2) is 4.79 Å². The third-order valence-corrected chi connectivity index (χ3v) is 5.87. The number of rotatable bonds is 11. The number of aliphatic carboxylic acids is 1. The lowest BCUT2D eigenvalue weighted by Gasteiger charge is -2.22. The second kappa shape index (κ2) is 11.3. The van der Waals surface area contributed by atoms with Crippen LogP contribution in [-0.4, -0.2) is 41.8 Å². The van der Waals surface area contributed by atoms with Gasteiger partial charge in [0.15, 0.2) is 0 Å². The Hall–Kier alpha value is -3.61. The number of carbonyl (C=O) groups excluding carboxylic acids is 2.